The Morgan fingerprint density at radius 2 is 1.95 bits per heavy atom. The van der Waals surface area contributed by atoms with Crippen molar-refractivity contribution in [3.8, 4) is 6.07 Å². The van der Waals surface area contributed by atoms with Gasteiger partial charge in [0.2, 0.25) is 5.91 Å². The number of nitrogens with zero attached hydrogens (tertiary/aromatic N) is 1. The Hall–Kier alpha value is -1.86. The van der Waals surface area contributed by atoms with Gasteiger partial charge in [-0.2, -0.15) is 5.26 Å². The summed E-state index contributed by atoms with van der Waals surface area (Å²) < 4.78 is 0. The standard InChI is InChI=1S/C15H21N3O/c1-4-9-17-10-14(19)18-13-7-5-12(6-8-13)15(2,3)11-16/h5-8,17H,4,9-10H2,1-3H3,(H,18,19). The molecular weight excluding hydrogens is 238 g/mol. The second kappa shape index (κ2) is 6.91. The fraction of sp³-hybridized carbons (Fsp3) is 0.467. The molecule has 0 saturated heterocycles. The molecule has 0 radical (unpaired) electrons. The molecule has 0 aromatic heterocycles. The first-order valence-corrected chi connectivity index (χ1v) is 6.52. The number of nitrogens with one attached hydrogen (secondary N) is 2. The van der Waals surface area contributed by atoms with Crippen LogP contribution in [0.25, 0.3) is 0 Å². The first-order valence-electron chi connectivity index (χ1n) is 6.52. The van der Waals surface area contributed by atoms with E-state index in [2.05, 4.69) is 23.6 Å². The molecule has 0 aliphatic rings. The molecule has 2 N–H and O–H groups in total. The van der Waals surface area contributed by atoms with Crippen molar-refractivity contribution in [1.29, 1.82) is 5.26 Å². The van der Waals surface area contributed by atoms with Crippen LogP contribution in [0.15, 0.2) is 24.3 Å². The average Bonchev–Trinajstić information content (AvgIpc) is 2.39. The van der Waals surface area contributed by atoms with Crippen LogP contribution in [-0.2, 0) is 10.2 Å². The Labute approximate surface area is 114 Å². The van der Waals surface area contributed by atoms with Crippen LogP contribution in [0, 0.1) is 11.3 Å². The fourth-order valence-corrected chi connectivity index (χ4v) is 1.62. The van der Waals surface area contributed by atoms with Crippen LogP contribution < -0.4 is 10.6 Å². The molecule has 1 amide bonds. The van der Waals surface area contributed by atoms with E-state index in [1.165, 1.54) is 0 Å². The summed E-state index contributed by atoms with van der Waals surface area (Å²) in [5, 5.41) is 14.9. The zero-order chi connectivity index (χ0) is 14.3. The van der Waals surface area contributed by atoms with Crippen LogP contribution in [0.4, 0.5) is 5.69 Å². The molecule has 0 atom stereocenters. The van der Waals surface area contributed by atoms with E-state index in [1.54, 1.807) is 0 Å². The maximum Gasteiger partial charge on any atom is 0.238 e. The maximum atomic E-state index is 11.6. The number of nitriles is 1. The molecule has 0 saturated carbocycles. The van der Waals surface area contributed by atoms with Crippen LogP contribution in [-0.4, -0.2) is 19.0 Å². The largest absolute Gasteiger partial charge is 0.325 e. The highest BCUT2D eigenvalue weighted by molar-refractivity contribution is 5.92. The number of carbonyl (C=O) groups excluding carboxylic acids is 1. The third-order valence-electron chi connectivity index (χ3n) is 2.88. The molecule has 19 heavy (non-hydrogen) atoms. The summed E-state index contributed by atoms with van der Waals surface area (Å²) in [5.41, 5.74) is 1.18. The van der Waals surface area contributed by atoms with Crippen molar-refractivity contribution in [3.05, 3.63) is 29.8 Å². The van der Waals surface area contributed by atoms with Crippen molar-refractivity contribution >= 4 is 11.6 Å². The number of carbonyl (C=O) groups is 1. The van der Waals surface area contributed by atoms with Gasteiger partial charge in [-0.3, -0.25) is 4.79 Å². The van der Waals surface area contributed by atoms with Gasteiger partial charge in [0.25, 0.3) is 0 Å². The van der Waals surface area contributed by atoms with E-state index in [0.29, 0.717) is 6.54 Å². The van der Waals surface area contributed by atoms with E-state index >= 15 is 0 Å². The minimum Gasteiger partial charge on any atom is -0.325 e. The lowest BCUT2D eigenvalue weighted by atomic mass is 9.86. The number of anilines is 1. The summed E-state index contributed by atoms with van der Waals surface area (Å²) in [4.78, 5) is 11.6. The highest BCUT2D eigenvalue weighted by Gasteiger charge is 2.19. The first-order chi connectivity index (χ1) is 8.99. The molecule has 4 nitrogen and oxygen atoms in total. The van der Waals surface area contributed by atoms with Crippen molar-refractivity contribution in [2.24, 2.45) is 0 Å². The Balaban J connectivity index is 2.58. The number of amides is 1. The predicted octanol–water partition coefficient (Wildman–Crippen LogP) is 2.43. The molecule has 0 spiro atoms. The minimum atomic E-state index is -0.509. The van der Waals surface area contributed by atoms with E-state index in [-0.39, 0.29) is 5.91 Å². The van der Waals surface area contributed by atoms with Crippen LogP contribution >= 0.6 is 0 Å². The average molecular weight is 259 g/mol. The molecular formula is C15H21N3O. The lowest BCUT2D eigenvalue weighted by Crippen LogP contribution is -2.28. The Morgan fingerprint density at radius 1 is 1.32 bits per heavy atom. The first kappa shape index (κ1) is 15.2. The Bertz CT molecular complexity index is 457. The van der Waals surface area contributed by atoms with Crippen molar-refractivity contribution in [2.45, 2.75) is 32.6 Å². The van der Waals surface area contributed by atoms with Gasteiger partial charge in [0, 0.05) is 5.69 Å². The van der Waals surface area contributed by atoms with Crippen molar-refractivity contribution in [1.82, 2.24) is 5.32 Å². The SMILES string of the molecule is CCCNCC(=O)Nc1ccc(C(C)(C)C#N)cc1. The van der Waals surface area contributed by atoms with Gasteiger partial charge in [0.05, 0.1) is 18.0 Å². The van der Waals surface area contributed by atoms with Crippen LogP contribution in [0.3, 0.4) is 0 Å². The molecule has 0 heterocycles. The van der Waals surface area contributed by atoms with E-state index in [4.69, 9.17) is 5.26 Å². The fourth-order valence-electron chi connectivity index (χ4n) is 1.62. The lowest BCUT2D eigenvalue weighted by Gasteiger charge is -2.16. The topological polar surface area (TPSA) is 64.9 Å². The lowest BCUT2D eigenvalue weighted by molar-refractivity contribution is -0.115. The van der Waals surface area contributed by atoms with Crippen molar-refractivity contribution in [2.75, 3.05) is 18.4 Å². The molecule has 1 aromatic rings. The molecule has 1 rings (SSSR count). The monoisotopic (exact) mass is 259 g/mol. The normalized spacial score (nSPS) is 10.8. The summed E-state index contributed by atoms with van der Waals surface area (Å²) >= 11 is 0. The highest BCUT2D eigenvalue weighted by atomic mass is 16.1. The quantitative estimate of drug-likeness (QED) is 0.771. The van der Waals surface area contributed by atoms with Gasteiger partial charge in [-0.1, -0.05) is 19.1 Å². The van der Waals surface area contributed by atoms with Gasteiger partial charge in [0.1, 0.15) is 0 Å². The third kappa shape index (κ3) is 4.72. The third-order valence-corrected chi connectivity index (χ3v) is 2.88. The number of hydrogen-bond acceptors (Lipinski definition) is 3. The van der Waals surface area contributed by atoms with E-state index < -0.39 is 5.41 Å². The molecule has 4 heteroatoms. The van der Waals surface area contributed by atoms with Gasteiger partial charge in [-0.15, -0.1) is 0 Å². The van der Waals surface area contributed by atoms with Crippen LogP contribution in [0.2, 0.25) is 0 Å². The minimum absolute atomic E-state index is 0.0549. The van der Waals surface area contributed by atoms with Gasteiger partial charge in [0.15, 0.2) is 0 Å². The summed E-state index contributed by atoms with van der Waals surface area (Å²) in [6.07, 6.45) is 1.01. The van der Waals surface area contributed by atoms with Crippen LogP contribution in [0.1, 0.15) is 32.8 Å². The Kier molecular flexibility index (Phi) is 5.53. The van der Waals surface area contributed by atoms with Crippen molar-refractivity contribution in [3.63, 3.8) is 0 Å². The van der Waals surface area contributed by atoms with E-state index in [1.807, 2.05) is 38.1 Å². The number of rotatable bonds is 6. The molecule has 1 aromatic carbocycles. The molecule has 0 fully saturated rings. The smallest absolute Gasteiger partial charge is 0.238 e. The van der Waals surface area contributed by atoms with Gasteiger partial charge >= 0.3 is 0 Å². The van der Waals surface area contributed by atoms with Gasteiger partial charge < -0.3 is 10.6 Å². The van der Waals surface area contributed by atoms with Gasteiger partial charge in [-0.05, 0) is 44.5 Å². The molecule has 0 unspecified atom stereocenters. The molecule has 102 valence electrons. The zero-order valence-corrected chi connectivity index (χ0v) is 11.8. The summed E-state index contributed by atoms with van der Waals surface area (Å²) in [7, 11) is 0. The van der Waals surface area contributed by atoms with Crippen LogP contribution in [0.5, 0.6) is 0 Å². The Morgan fingerprint density at radius 3 is 2.47 bits per heavy atom. The van der Waals surface area contributed by atoms with Gasteiger partial charge in [-0.25, -0.2) is 0 Å². The van der Waals surface area contributed by atoms with E-state index in [9.17, 15) is 4.79 Å². The second-order valence-corrected chi connectivity index (χ2v) is 5.04. The number of hydrogen-bond donors (Lipinski definition) is 2. The number of benzene rings is 1. The second-order valence-electron chi connectivity index (χ2n) is 5.04. The molecule has 0 aliphatic heterocycles. The van der Waals surface area contributed by atoms with Crippen molar-refractivity contribution < 1.29 is 4.79 Å². The summed E-state index contributed by atoms with van der Waals surface area (Å²) in [5.74, 6) is -0.0549. The highest BCUT2D eigenvalue weighted by Crippen LogP contribution is 2.23. The summed E-state index contributed by atoms with van der Waals surface area (Å²) in [6, 6.07) is 9.65. The maximum absolute atomic E-state index is 11.6. The zero-order valence-electron chi connectivity index (χ0n) is 11.8. The summed E-state index contributed by atoms with van der Waals surface area (Å²) in [6.45, 7) is 6.95. The van der Waals surface area contributed by atoms with E-state index in [0.717, 1.165) is 24.2 Å². The predicted molar refractivity (Wildman–Crippen MR) is 76.9 cm³/mol. The molecule has 0 aliphatic carbocycles. The molecule has 0 bridgehead atoms.